The van der Waals surface area contributed by atoms with Crippen LogP contribution in [0.2, 0.25) is 0 Å². The number of hydrogen-bond acceptors (Lipinski definition) is 3. The van der Waals surface area contributed by atoms with Gasteiger partial charge in [-0.1, -0.05) is 18.2 Å². The predicted molar refractivity (Wildman–Crippen MR) is 88.2 cm³/mol. The van der Waals surface area contributed by atoms with Crippen molar-refractivity contribution in [2.24, 2.45) is 0 Å². The van der Waals surface area contributed by atoms with Gasteiger partial charge < -0.3 is 10.5 Å². The van der Waals surface area contributed by atoms with E-state index in [2.05, 4.69) is 15.9 Å². The van der Waals surface area contributed by atoms with Crippen LogP contribution in [-0.4, -0.2) is 11.7 Å². The van der Waals surface area contributed by atoms with Gasteiger partial charge >= 0.3 is 0 Å². The van der Waals surface area contributed by atoms with Gasteiger partial charge in [0.2, 0.25) is 0 Å². The highest BCUT2D eigenvalue weighted by molar-refractivity contribution is 9.10. The van der Waals surface area contributed by atoms with Gasteiger partial charge in [0.1, 0.15) is 11.6 Å². The van der Waals surface area contributed by atoms with Crippen LogP contribution in [0.4, 0.5) is 5.82 Å². The van der Waals surface area contributed by atoms with E-state index in [1.54, 1.807) is 31.4 Å². The van der Waals surface area contributed by atoms with Crippen LogP contribution < -0.4 is 16.0 Å². The van der Waals surface area contributed by atoms with Gasteiger partial charge in [-0.2, -0.15) is 0 Å². The summed E-state index contributed by atoms with van der Waals surface area (Å²) in [6, 6.07) is 14.6. The van der Waals surface area contributed by atoms with Crippen LogP contribution >= 0.6 is 15.9 Å². The molecule has 106 valence electrons. The Kier molecular flexibility index (Phi) is 3.43. The first kappa shape index (κ1) is 13.7. The van der Waals surface area contributed by atoms with Crippen LogP contribution in [0.1, 0.15) is 0 Å². The summed E-state index contributed by atoms with van der Waals surface area (Å²) in [5.41, 5.74) is 6.61. The van der Waals surface area contributed by atoms with Crippen molar-refractivity contribution < 1.29 is 4.74 Å². The summed E-state index contributed by atoms with van der Waals surface area (Å²) in [6.45, 7) is 0. The second kappa shape index (κ2) is 5.26. The molecule has 3 aromatic rings. The van der Waals surface area contributed by atoms with Crippen LogP contribution in [0.5, 0.6) is 5.75 Å². The number of anilines is 1. The van der Waals surface area contributed by atoms with Crippen molar-refractivity contribution in [1.82, 2.24) is 4.57 Å². The summed E-state index contributed by atoms with van der Waals surface area (Å²) in [6.07, 6.45) is 0. The molecule has 0 aliphatic rings. The van der Waals surface area contributed by atoms with Gasteiger partial charge in [-0.15, -0.1) is 0 Å². The molecule has 0 bridgehead atoms. The number of fused-ring (bicyclic) bond motifs is 1. The monoisotopic (exact) mass is 344 g/mol. The Balaban J connectivity index is 2.30. The molecule has 0 amide bonds. The van der Waals surface area contributed by atoms with Crippen molar-refractivity contribution in [3.05, 3.63) is 63.4 Å². The molecular formula is C16H13BrN2O2. The third-order valence-corrected chi connectivity index (χ3v) is 3.97. The first-order valence-electron chi connectivity index (χ1n) is 6.36. The van der Waals surface area contributed by atoms with E-state index in [1.165, 1.54) is 4.57 Å². The van der Waals surface area contributed by atoms with E-state index in [0.29, 0.717) is 22.6 Å². The maximum atomic E-state index is 12.7. The lowest BCUT2D eigenvalue weighted by molar-refractivity contribution is 0.412. The Morgan fingerprint density at radius 1 is 1.14 bits per heavy atom. The lowest BCUT2D eigenvalue weighted by atomic mass is 10.1. The molecule has 0 saturated carbocycles. The van der Waals surface area contributed by atoms with Crippen molar-refractivity contribution in [2.45, 2.75) is 0 Å². The quantitative estimate of drug-likeness (QED) is 0.775. The normalized spacial score (nSPS) is 10.8. The summed E-state index contributed by atoms with van der Waals surface area (Å²) in [5, 5.41) is 1.47. The number of halogens is 1. The van der Waals surface area contributed by atoms with Crippen molar-refractivity contribution >= 4 is 32.5 Å². The minimum Gasteiger partial charge on any atom is -0.496 e. The third-order valence-electron chi connectivity index (χ3n) is 3.35. The summed E-state index contributed by atoms with van der Waals surface area (Å²) in [4.78, 5) is 12.7. The first-order valence-corrected chi connectivity index (χ1v) is 7.15. The second-order valence-corrected chi connectivity index (χ2v) is 5.47. The fourth-order valence-electron chi connectivity index (χ4n) is 2.34. The lowest BCUT2D eigenvalue weighted by Crippen LogP contribution is -2.21. The Labute approximate surface area is 129 Å². The van der Waals surface area contributed by atoms with Crippen LogP contribution in [0.25, 0.3) is 16.5 Å². The summed E-state index contributed by atoms with van der Waals surface area (Å²) < 4.78 is 7.46. The number of nitrogens with two attached hydrogens (primary N) is 1. The zero-order valence-corrected chi connectivity index (χ0v) is 12.9. The number of methoxy groups -OCH3 is 1. The lowest BCUT2D eigenvalue weighted by Gasteiger charge is -2.13. The zero-order chi connectivity index (χ0) is 15.0. The molecule has 3 rings (SSSR count). The van der Waals surface area contributed by atoms with Gasteiger partial charge in [0.15, 0.2) is 0 Å². The number of ether oxygens (including phenoxy) is 1. The Bertz CT molecular complexity index is 887. The maximum Gasteiger partial charge on any atom is 0.264 e. The number of pyridine rings is 1. The van der Waals surface area contributed by atoms with Gasteiger partial charge in [0.25, 0.3) is 5.56 Å². The summed E-state index contributed by atoms with van der Waals surface area (Å²) in [7, 11) is 1.59. The summed E-state index contributed by atoms with van der Waals surface area (Å²) in [5.74, 6) is 1.10. The molecule has 0 aliphatic carbocycles. The third kappa shape index (κ3) is 2.29. The van der Waals surface area contributed by atoms with Crippen molar-refractivity contribution in [3.8, 4) is 11.4 Å². The number of benzene rings is 2. The smallest absolute Gasteiger partial charge is 0.264 e. The Morgan fingerprint density at radius 3 is 2.62 bits per heavy atom. The van der Waals surface area contributed by atoms with E-state index in [1.807, 2.05) is 24.3 Å². The first-order chi connectivity index (χ1) is 10.1. The van der Waals surface area contributed by atoms with Crippen LogP contribution in [-0.2, 0) is 0 Å². The van der Waals surface area contributed by atoms with Crippen molar-refractivity contribution in [2.75, 3.05) is 12.8 Å². The van der Waals surface area contributed by atoms with E-state index in [0.717, 1.165) is 9.86 Å². The molecule has 0 fully saturated rings. The van der Waals surface area contributed by atoms with E-state index < -0.39 is 0 Å². The number of aromatic nitrogens is 1. The Morgan fingerprint density at radius 2 is 1.90 bits per heavy atom. The van der Waals surface area contributed by atoms with Gasteiger partial charge in [0.05, 0.1) is 17.3 Å². The molecule has 21 heavy (non-hydrogen) atoms. The molecule has 0 aliphatic heterocycles. The largest absolute Gasteiger partial charge is 0.496 e. The maximum absolute atomic E-state index is 12.7. The SMILES string of the molecule is COc1ccc(-n2c(N)cc3ccccc3c2=O)cc1Br. The molecule has 0 saturated heterocycles. The van der Waals surface area contributed by atoms with Gasteiger partial charge in [-0.3, -0.25) is 9.36 Å². The molecule has 0 spiro atoms. The highest BCUT2D eigenvalue weighted by Gasteiger charge is 2.10. The van der Waals surface area contributed by atoms with Crippen LogP contribution in [0.15, 0.2) is 57.8 Å². The second-order valence-electron chi connectivity index (χ2n) is 4.62. The zero-order valence-electron chi connectivity index (χ0n) is 11.3. The van der Waals surface area contributed by atoms with E-state index in [9.17, 15) is 4.79 Å². The minimum atomic E-state index is -0.136. The standard InChI is InChI=1S/C16H13BrN2O2/c1-21-14-7-6-11(9-13(14)17)19-15(18)8-10-4-2-3-5-12(10)16(19)20/h2-9H,18H2,1H3. The van der Waals surface area contributed by atoms with E-state index >= 15 is 0 Å². The topological polar surface area (TPSA) is 57.2 Å². The molecule has 0 unspecified atom stereocenters. The fourth-order valence-corrected chi connectivity index (χ4v) is 2.87. The summed E-state index contributed by atoms with van der Waals surface area (Å²) >= 11 is 3.42. The molecule has 5 heteroatoms. The van der Waals surface area contributed by atoms with E-state index in [-0.39, 0.29) is 5.56 Å². The highest BCUT2D eigenvalue weighted by Crippen LogP contribution is 2.28. The molecule has 2 N–H and O–H groups in total. The average molecular weight is 345 g/mol. The van der Waals surface area contributed by atoms with Gasteiger partial charge in [0, 0.05) is 5.39 Å². The van der Waals surface area contributed by atoms with Gasteiger partial charge in [-0.05, 0) is 51.6 Å². The fraction of sp³-hybridized carbons (Fsp3) is 0.0625. The number of nitrogens with zero attached hydrogens (tertiary/aromatic N) is 1. The highest BCUT2D eigenvalue weighted by atomic mass is 79.9. The van der Waals surface area contributed by atoms with E-state index in [4.69, 9.17) is 10.5 Å². The predicted octanol–water partition coefficient (Wildman–Crippen LogP) is 3.34. The van der Waals surface area contributed by atoms with Crippen LogP contribution in [0, 0.1) is 0 Å². The minimum absolute atomic E-state index is 0.136. The average Bonchev–Trinajstić information content (AvgIpc) is 2.47. The van der Waals surface area contributed by atoms with Crippen molar-refractivity contribution in [1.29, 1.82) is 0 Å². The van der Waals surface area contributed by atoms with Gasteiger partial charge in [-0.25, -0.2) is 0 Å². The number of hydrogen-bond donors (Lipinski definition) is 1. The molecular weight excluding hydrogens is 332 g/mol. The molecule has 2 aromatic carbocycles. The molecule has 1 aromatic heterocycles. The molecule has 0 atom stereocenters. The Hall–Kier alpha value is -2.27. The number of rotatable bonds is 2. The number of nitrogen functional groups attached to an aromatic ring is 1. The van der Waals surface area contributed by atoms with Crippen molar-refractivity contribution in [3.63, 3.8) is 0 Å². The molecule has 0 radical (unpaired) electrons. The molecule has 1 heterocycles. The van der Waals surface area contributed by atoms with Crippen LogP contribution in [0.3, 0.4) is 0 Å². The molecule has 4 nitrogen and oxygen atoms in total.